The molecule has 0 aromatic heterocycles. The molecule has 0 unspecified atom stereocenters. The SMILES string of the molecule is O=C1CN(C(=O)CSc2ccc3c(c2)CCC3)CCN1. The molecular weight excluding hydrogens is 272 g/mol. The van der Waals surface area contributed by atoms with E-state index in [-0.39, 0.29) is 18.4 Å². The van der Waals surface area contributed by atoms with Crippen LogP contribution in [0.25, 0.3) is 0 Å². The number of benzene rings is 1. The third-order valence-corrected chi connectivity index (χ3v) is 4.80. The smallest absolute Gasteiger partial charge is 0.239 e. The summed E-state index contributed by atoms with van der Waals surface area (Å²) in [5, 5.41) is 2.73. The maximum atomic E-state index is 12.1. The van der Waals surface area contributed by atoms with Crippen LogP contribution in [0.4, 0.5) is 0 Å². The summed E-state index contributed by atoms with van der Waals surface area (Å²) in [5.74, 6) is 0.393. The van der Waals surface area contributed by atoms with Gasteiger partial charge in [-0.2, -0.15) is 0 Å². The van der Waals surface area contributed by atoms with E-state index >= 15 is 0 Å². The number of nitrogens with one attached hydrogen (secondary N) is 1. The fraction of sp³-hybridized carbons (Fsp3) is 0.467. The third-order valence-electron chi connectivity index (χ3n) is 3.82. The number of piperazine rings is 1. The molecule has 1 aliphatic carbocycles. The van der Waals surface area contributed by atoms with Crippen LogP contribution in [0.15, 0.2) is 23.1 Å². The van der Waals surface area contributed by atoms with Gasteiger partial charge in [-0.1, -0.05) is 6.07 Å². The number of aryl methyl sites for hydroxylation is 2. The molecule has 2 aliphatic rings. The van der Waals surface area contributed by atoms with Crippen LogP contribution in [0.3, 0.4) is 0 Å². The Balaban J connectivity index is 1.56. The van der Waals surface area contributed by atoms with Crippen molar-refractivity contribution in [1.29, 1.82) is 0 Å². The topological polar surface area (TPSA) is 49.4 Å². The quantitative estimate of drug-likeness (QED) is 0.852. The van der Waals surface area contributed by atoms with Crippen LogP contribution < -0.4 is 5.32 Å². The van der Waals surface area contributed by atoms with Gasteiger partial charge in [0, 0.05) is 18.0 Å². The minimum atomic E-state index is -0.0628. The van der Waals surface area contributed by atoms with Gasteiger partial charge < -0.3 is 10.2 Å². The van der Waals surface area contributed by atoms with E-state index in [1.165, 1.54) is 24.0 Å². The van der Waals surface area contributed by atoms with Crippen molar-refractivity contribution >= 4 is 23.6 Å². The molecule has 0 saturated carbocycles. The van der Waals surface area contributed by atoms with E-state index in [0.29, 0.717) is 18.8 Å². The van der Waals surface area contributed by atoms with E-state index in [2.05, 4.69) is 23.5 Å². The molecule has 1 N–H and O–H groups in total. The van der Waals surface area contributed by atoms with Gasteiger partial charge in [0.05, 0.1) is 12.3 Å². The van der Waals surface area contributed by atoms with Gasteiger partial charge in [0.1, 0.15) is 0 Å². The lowest BCUT2D eigenvalue weighted by Crippen LogP contribution is -2.50. The Morgan fingerprint density at radius 3 is 3.00 bits per heavy atom. The summed E-state index contributed by atoms with van der Waals surface area (Å²) in [4.78, 5) is 26.1. The maximum absolute atomic E-state index is 12.1. The van der Waals surface area contributed by atoms with Crippen molar-refractivity contribution in [3.63, 3.8) is 0 Å². The summed E-state index contributed by atoms with van der Waals surface area (Å²) in [6.07, 6.45) is 3.58. The molecule has 4 nitrogen and oxygen atoms in total. The summed E-state index contributed by atoms with van der Waals surface area (Å²) in [6, 6.07) is 6.50. The second-order valence-electron chi connectivity index (χ2n) is 5.24. The number of hydrogen-bond donors (Lipinski definition) is 1. The van der Waals surface area contributed by atoms with Crippen molar-refractivity contribution in [2.45, 2.75) is 24.2 Å². The van der Waals surface area contributed by atoms with Crippen molar-refractivity contribution in [2.75, 3.05) is 25.4 Å². The molecule has 0 spiro atoms. The van der Waals surface area contributed by atoms with Crippen molar-refractivity contribution in [2.24, 2.45) is 0 Å². The number of carbonyl (C=O) groups is 2. The van der Waals surface area contributed by atoms with Crippen molar-refractivity contribution < 1.29 is 9.59 Å². The third kappa shape index (κ3) is 2.98. The lowest BCUT2D eigenvalue weighted by Gasteiger charge is -2.26. The van der Waals surface area contributed by atoms with Gasteiger partial charge in [-0.25, -0.2) is 0 Å². The summed E-state index contributed by atoms with van der Waals surface area (Å²) in [5.41, 5.74) is 2.88. The number of thioether (sulfide) groups is 1. The summed E-state index contributed by atoms with van der Waals surface area (Å²) in [6.45, 7) is 1.38. The average molecular weight is 290 g/mol. The Kier molecular flexibility index (Phi) is 3.96. The van der Waals surface area contributed by atoms with Crippen LogP contribution in [-0.4, -0.2) is 42.1 Å². The fourth-order valence-corrected chi connectivity index (χ4v) is 3.59. The minimum absolute atomic E-state index is 0.0466. The molecule has 2 amide bonds. The average Bonchev–Trinajstić information content (AvgIpc) is 2.92. The first-order valence-electron chi connectivity index (χ1n) is 7.01. The number of fused-ring (bicyclic) bond motifs is 1. The van der Waals surface area contributed by atoms with E-state index in [4.69, 9.17) is 0 Å². The Hall–Kier alpha value is -1.49. The van der Waals surface area contributed by atoms with E-state index in [0.717, 1.165) is 11.3 Å². The number of hydrogen-bond acceptors (Lipinski definition) is 3. The highest BCUT2D eigenvalue weighted by atomic mass is 32.2. The molecule has 1 aromatic carbocycles. The van der Waals surface area contributed by atoms with Crippen LogP contribution in [0, 0.1) is 0 Å². The molecule has 0 radical (unpaired) electrons. The van der Waals surface area contributed by atoms with Gasteiger partial charge in [-0.3, -0.25) is 9.59 Å². The summed E-state index contributed by atoms with van der Waals surface area (Å²) >= 11 is 1.57. The molecule has 1 fully saturated rings. The predicted octanol–water partition coefficient (Wildman–Crippen LogP) is 1.23. The van der Waals surface area contributed by atoms with Crippen LogP contribution in [0.5, 0.6) is 0 Å². The maximum Gasteiger partial charge on any atom is 0.239 e. The summed E-state index contributed by atoms with van der Waals surface area (Å²) < 4.78 is 0. The molecule has 1 aromatic rings. The normalized spacial score (nSPS) is 17.8. The zero-order valence-corrected chi connectivity index (χ0v) is 12.2. The van der Waals surface area contributed by atoms with Gasteiger partial charge in [0.15, 0.2) is 0 Å². The Morgan fingerprint density at radius 2 is 2.15 bits per heavy atom. The molecule has 20 heavy (non-hydrogen) atoms. The summed E-state index contributed by atoms with van der Waals surface area (Å²) in [7, 11) is 0. The predicted molar refractivity (Wildman–Crippen MR) is 78.8 cm³/mol. The van der Waals surface area contributed by atoms with Crippen molar-refractivity contribution in [3.05, 3.63) is 29.3 Å². The molecule has 106 valence electrons. The molecule has 3 rings (SSSR count). The second kappa shape index (κ2) is 5.87. The first kappa shape index (κ1) is 13.5. The molecule has 1 aliphatic heterocycles. The van der Waals surface area contributed by atoms with E-state index in [9.17, 15) is 9.59 Å². The first-order valence-corrected chi connectivity index (χ1v) is 8.00. The number of carbonyl (C=O) groups excluding carboxylic acids is 2. The van der Waals surface area contributed by atoms with Gasteiger partial charge in [-0.05, 0) is 42.5 Å². The van der Waals surface area contributed by atoms with Crippen molar-refractivity contribution in [3.8, 4) is 0 Å². The lowest BCUT2D eigenvalue weighted by molar-refractivity contribution is -0.136. The fourth-order valence-electron chi connectivity index (χ4n) is 2.73. The first-order chi connectivity index (χ1) is 9.72. The molecule has 1 saturated heterocycles. The standard InChI is InChI=1S/C15H18N2O2S/c18-14-9-17(7-6-16-14)15(19)10-20-13-5-4-11-2-1-3-12(11)8-13/h4-5,8H,1-3,6-7,9-10H2,(H,16,18). The highest BCUT2D eigenvalue weighted by Gasteiger charge is 2.21. The number of rotatable bonds is 3. The lowest BCUT2D eigenvalue weighted by atomic mass is 10.1. The molecular formula is C15H18N2O2S. The number of nitrogens with zero attached hydrogens (tertiary/aromatic N) is 1. The van der Waals surface area contributed by atoms with Gasteiger partial charge >= 0.3 is 0 Å². The number of amides is 2. The highest BCUT2D eigenvalue weighted by molar-refractivity contribution is 8.00. The molecule has 5 heteroatoms. The van der Waals surface area contributed by atoms with Crippen LogP contribution in [0.1, 0.15) is 17.5 Å². The van der Waals surface area contributed by atoms with Crippen LogP contribution in [-0.2, 0) is 22.4 Å². The van der Waals surface area contributed by atoms with Gasteiger partial charge in [0.2, 0.25) is 11.8 Å². The second-order valence-corrected chi connectivity index (χ2v) is 6.29. The zero-order chi connectivity index (χ0) is 13.9. The Labute approximate surface area is 122 Å². The Morgan fingerprint density at radius 1 is 1.30 bits per heavy atom. The molecule has 1 heterocycles. The Bertz CT molecular complexity index is 545. The van der Waals surface area contributed by atoms with E-state index in [1.54, 1.807) is 16.7 Å². The minimum Gasteiger partial charge on any atom is -0.353 e. The highest BCUT2D eigenvalue weighted by Crippen LogP contribution is 2.27. The van der Waals surface area contributed by atoms with Crippen molar-refractivity contribution in [1.82, 2.24) is 10.2 Å². The van der Waals surface area contributed by atoms with E-state index < -0.39 is 0 Å². The van der Waals surface area contributed by atoms with Gasteiger partial charge in [0.25, 0.3) is 0 Å². The van der Waals surface area contributed by atoms with Crippen LogP contribution in [0.2, 0.25) is 0 Å². The molecule has 0 bridgehead atoms. The largest absolute Gasteiger partial charge is 0.353 e. The van der Waals surface area contributed by atoms with E-state index in [1.807, 2.05) is 0 Å². The molecule has 0 atom stereocenters. The van der Waals surface area contributed by atoms with Gasteiger partial charge in [-0.15, -0.1) is 11.8 Å². The van der Waals surface area contributed by atoms with Crippen LogP contribution >= 0.6 is 11.8 Å². The monoisotopic (exact) mass is 290 g/mol. The zero-order valence-electron chi connectivity index (χ0n) is 11.4.